The number of likely N-dealkylation sites (N-methyl/N-ethyl adjacent to an activating group) is 1. The van der Waals surface area contributed by atoms with Gasteiger partial charge in [0.05, 0.1) is 0 Å². The number of pyridine rings is 2. The zero-order valence-corrected chi connectivity index (χ0v) is 16.5. The van der Waals surface area contributed by atoms with Crippen molar-refractivity contribution < 1.29 is 0 Å². The number of nitrogens with zero attached hydrogens (tertiary/aromatic N) is 5. The first-order valence-electron chi connectivity index (χ1n) is 10.0. The van der Waals surface area contributed by atoms with E-state index >= 15 is 0 Å². The van der Waals surface area contributed by atoms with E-state index < -0.39 is 0 Å². The third kappa shape index (κ3) is 3.77. The molecule has 0 amide bonds. The van der Waals surface area contributed by atoms with Crippen molar-refractivity contribution in [3.8, 4) is 22.5 Å². The van der Waals surface area contributed by atoms with Crippen LogP contribution in [0.1, 0.15) is 5.56 Å². The summed E-state index contributed by atoms with van der Waals surface area (Å²) in [6, 6.07) is 14.7. The summed E-state index contributed by atoms with van der Waals surface area (Å²) in [5, 5.41) is 0. The molecule has 1 aliphatic heterocycles. The van der Waals surface area contributed by atoms with Crippen LogP contribution in [0.3, 0.4) is 0 Å². The first-order chi connectivity index (χ1) is 14.3. The van der Waals surface area contributed by atoms with Gasteiger partial charge in [-0.2, -0.15) is 0 Å². The van der Waals surface area contributed by atoms with E-state index in [9.17, 15) is 0 Å². The lowest BCUT2D eigenvalue weighted by molar-refractivity contribution is 0.148. The maximum Gasteiger partial charge on any atom is 0.158 e. The topological polar surface area (TPSA) is 60.9 Å². The maximum absolute atomic E-state index is 4.86. The molecular formula is C23H24N6. The number of aromatic nitrogens is 4. The molecule has 6 heteroatoms. The second kappa shape index (κ2) is 7.73. The van der Waals surface area contributed by atoms with E-state index in [2.05, 4.69) is 56.1 Å². The lowest BCUT2D eigenvalue weighted by Crippen LogP contribution is -2.43. The zero-order valence-electron chi connectivity index (χ0n) is 16.5. The van der Waals surface area contributed by atoms with Crippen molar-refractivity contribution in [2.75, 3.05) is 33.2 Å². The lowest BCUT2D eigenvalue weighted by atomic mass is 10.1. The highest BCUT2D eigenvalue weighted by atomic mass is 15.2. The molecule has 0 saturated carbocycles. The Morgan fingerprint density at radius 3 is 2.38 bits per heavy atom. The third-order valence-corrected chi connectivity index (χ3v) is 5.61. The van der Waals surface area contributed by atoms with Gasteiger partial charge in [0.1, 0.15) is 11.3 Å². The Kier molecular flexibility index (Phi) is 4.79. The van der Waals surface area contributed by atoms with Crippen molar-refractivity contribution in [1.29, 1.82) is 0 Å². The SMILES string of the molecule is CN1CCN(Cc2ccc(-c3nc4c(-c5ccncc5)ccnc4[nH]3)cc2)CC1. The highest BCUT2D eigenvalue weighted by Gasteiger charge is 2.15. The third-order valence-electron chi connectivity index (χ3n) is 5.61. The van der Waals surface area contributed by atoms with Crippen molar-refractivity contribution in [1.82, 2.24) is 29.7 Å². The Labute approximate surface area is 170 Å². The van der Waals surface area contributed by atoms with E-state index in [1.807, 2.05) is 24.4 Å². The van der Waals surface area contributed by atoms with Crippen LogP contribution < -0.4 is 0 Å². The van der Waals surface area contributed by atoms with Crippen molar-refractivity contribution in [2.24, 2.45) is 0 Å². The molecule has 0 spiro atoms. The number of hydrogen-bond donors (Lipinski definition) is 1. The second-order valence-electron chi connectivity index (χ2n) is 7.65. The van der Waals surface area contributed by atoms with Gasteiger partial charge < -0.3 is 9.88 Å². The molecule has 1 saturated heterocycles. The highest BCUT2D eigenvalue weighted by molar-refractivity contribution is 5.91. The van der Waals surface area contributed by atoms with Gasteiger partial charge in [-0.15, -0.1) is 0 Å². The summed E-state index contributed by atoms with van der Waals surface area (Å²) in [7, 11) is 2.19. The Morgan fingerprint density at radius 2 is 1.62 bits per heavy atom. The minimum Gasteiger partial charge on any atom is -0.323 e. The number of nitrogens with one attached hydrogen (secondary N) is 1. The predicted molar refractivity (Wildman–Crippen MR) is 115 cm³/mol. The molecule has 0 aliphatic carbocycles. The molecular weight excluding hydrogens is 360 g/mol. The van der Waals surface area contributed by atoms with Crippen LogP contribution in [-0.2, 0) is 6.54 Å². The second-order valence-corrected chi connectivity index (χ2v) is 7.65. The fourth-order valence-electron chi connectivity index (χ4n) is 3.84. The summed E-state index contributed by atoms with van der Waals surface area (Å²) in [5.74, 6) is 0.847. The van der Waals surface area contributed by atoms with Crippen molar-refractivity contribution in [3.63, 3.8) is 0 Å². The molecule has 0 bridgehead atoms. The standard InChI is InChI=1S/C23H24N6/c1-28-12-14-29(15-13-28)16-17-2-4-19(5-3-17)22-26-21-20(8-11-25-23(21)27-22)18-6-9-24-10-7-18/h2-11H,12-16H2,1H3,(H,25,26,27). The monoisotopic (exact) mass is 384 g/mol. The van der Waals surface area contributed by atoms with Gasteiger partial charge >= 0.3 is 0 Å². The number of fused-ring (bicyclic) bond motifs is 1. The average molecular weight is 384 g/mol. The van der Waals surface area contributed by atoms with E-state index in [0.29, 0.717) is 0 Å². The summed E-state index contributed by atoms with van der Waals surface area (Å²) in [6.07, 6.45) is 5.42. The summed E-state index contributed by atoms with van der Waals surface area (Å²) in [6.45, 7) is 5.55. The first kappa shape index (κ1) is 18.0. The molecule has 5 rings (SSSR count). The molecule has 1 N–H and O–H groups in total. The van der Waals surface area contributed by atoms with Crippen LogP contribution in [0.2, 0.25) is 0 Å². The Morgan fingerprint density at radius 1 is 0.862 bits per heavy atom. The largest absolute Gasteiger partial charge is 0.323 e. The Hall–Kier alpha value is -3.09. The van der Waals surface area contributed by atoms with E-state index in [0.717, 1.165) is 66.4 Å². The number of aromatic amines is 1. The number of hydrogen-bond acceptors (Lipinski definition) is 5. The minimum atomic E-state index is 0.802. The molecule has 1 aliphatic rings. The van der Waals surface area contributed by atoms with E-state index in [1.54, 1.807) is 12.4 Å². The number of piperazine rings is 1. The summed E-state index contributed by atoms with van der Waals surface area (Å²) in [4.78, 5) is 21.7. The smallest absolute Gasteiger partial charge is 0.158 e. The summed E-state index contributed by atoms with van der Waals surface area (Å²) >= 11 is 0. The summed E-state index contributed by atoms with van der Waals surface area (Å²) < 4.78 is 0. The molecule has 3 aromatic heterocycles. The fourth-order valence-corrected chi connectivity index (χ4v) is 3.84. The van der Waals surface area contributed by atoms with Gasteiger partial charge in [-0.25, -0.2) is 9.97 Å². The van der Waals surface area contributed by atoms with Gasteiger partial charge in [0.2, 0.25) is 0 Å². The first-order valence-corrected chi connectivity index (χ1v) is 10.0. The van der Waals surface area contributed by atoms with Gasteiger partial charge in [0, 0.05) is 62.4 Å². The number of benzene rings is 1. The van der Waals surface area contributed by atoms with Crippen molar-refractivity contribution >= 4 is 11.2 Å². The molecule has 6 nitrogen and oxygen atoms in total. The Balaban J connectivity index is 1.40. The lowest BCUT2D eigenvalue weighted by Gasteiger charge is -2.32. The highest BCUT2D eigenvalue weighted by Crippen LogP contribution is 2.28. The van der Waals surface area contributed by atoms with E-state index in [4.69, 9.17) is 4.98 Å². The van der Waals surface area contributed by atoms with Crippen LogP contribution in [0.25, 0.3) is 33.7 Å². The average Bonchev–Trinajstić information content (AvgIpc) is 3.21. The van der Waals surface area contributed by atoms with E-state index in [-0.39, 0.29) is 0 Å². The molecule has 4 aromatic rings. The van der Waals surface area contributed by atoms with Crippen LogP contribution in [0, 0.1) is 0 Å². The van der Waals surface area contributed by atoms with E-state index in [1.165, 1.54) is 5.56 Å². The summed E-state index contributed by atoms with van der Waals surface area (Å²) in [5.41, 5.74) is 6.25. The minimum absolute atomic E-state index is 0.802. The molecule has 146 valence electrons. The van der Waals surface area contributed by atoms with Gasteiger partial charge in [-0.05, 0) is 36.4 Å². The quantitative estimate of drug-likeness (QED) is 0.584. The molecule has 4 heterocycles. The van der Waals surface area contributed by atoms with Crippen LogP contribution in [-0.4, -0.2) is 63.0 Å². The van der Waals surface area contributed by atoms with Crippen molar-refractivity contribution in [2.45, 2.75) is 6.54 Å². The number of imidazole rings is 1. The number of rotatable bonds is 4. The van der Waals surface area contributed by atoms with Crippen LogP contribution in [0.5, 0.6) is 0 Å². The molecule has 1 fully saturated rings. The number of H-pyrrole nitrogens is 1. The van der Waals surface area contributed by atoms with Crippen molar-refractivity contribution in [3.05, 3.63) is 66.6 Å². The Bertz CT molecular complexity index is 1100. The van der Waals surface area contributed by atoms with Gasteiger partial charge in [-0.1, -0.05) is 24.3 Å². The van der Waals surface area contributed by atoms with Gasteiger partial charge in [0.15, 0.2) is 5.65 Å². The zero-order chi connectivity index (χ0) is 19.6. The molecule has 1 aromatic carbocycles. The molecule has 0 radical (unpaired) electrons. The van der Waals surface area contributed by atoms with Crippen LogP contribution >= 0.6 is 0 Å². The van der Waals surface area contributed by atoms with Gasteiger partial charge in [0.25, 0.3) is 0 Å². The normalized spacial score (nSPS) is 15.8. The van der Waals surface area contributed by atoms with Crippen LogP contribution in [0.4, 0.5) is 0 Å². The molecule has 0 unspecified atom stereocenters. The maximum atomic E-state index is 4.86. The molecule has 0 atom stereocenters. The van der Waals surface area contributed by atoms with Crippen LogP contribution in [0.15, 0.2) is 61.1 Å². The van der Waals surface area contributed by atoms with Gasteiger partial charge in [-0.3, -0.25) is 9.88 Å². The predicted octanol–water partition coefficient (Wildman–Crippen LogP) is 3.43. The molecule has 29 heavy (non-hydrogen) atoms. The fraction of sp³-hybridized carbons (Fsp3) is 0.261.